The van der Waals surface area contributed by atoms with Gasteiger partial charge in [-0.1, -0.05) is 21.1 Å². The summed E-state index contributed by atoms with van der Waals surface area (Å²) in [5, 5.41) is 11.5. The molecule has 0 aliphatic carbocycles. The van der Waals surface area contributed by atoms with Gasteiger partial charge in [0.1, 0.15) is 0 Å². The van der Waals surface area contributed by atoms with Crippen LogP contribution in [0.2, 0.25) is 0 Å². The summed E-state index contributed by atoms with van der Waals surface area (Å²) in [7, 11) is -3.84. The van der Waals surface area contributed by atoms with Crippen molar-refractivity contribution in [3.8, 4) is 0 Å². The second kappa shape index (κ2) is 6.00. The predicted molar refractivity (Wildman–Crippen MR) is 84.4 cm³/mol. The van der Waals surface area contributed by atoms with Gasteiger partial charge in [0, 0.05) is 8.95 Å². The summed E-state index contributed by atoms with van der Waals surface area (Å²) >= 11 is 6.52. The smallest absolute Gasteiger partial charge is 0.242 e. The Morgan fingerprint density at radius 1 is 1.35 bits per heavy atom. The van der Waals surface area contributed by atoms with E-state index < -0.39 is 15.6 Å². The highest BCUT2D eigenvalue weighted by atomic mass is 79.9. The fourth-order valence-corrected chi connectivity index (χ4v) is 4.47. The summed E-state index contributed by atoms with van der Waals surface area (Å²) in [4.78, 5) is 0.0637. The van der Waals surface area contributed by atoms with Crippen molar-refractivity contribution in [3.05, 3.63) is 26.6 Å². The average Bonchev–Trinajstić information content (AvgIpc) is 2.31. The number of benzene rings is 1. The number of nitrogens with one attached hydrogen (secondary N) is 1. The topological polar surface area (TPSA) is 105 Å². The first-order chi connectivity index (χ1) is 9.01. The van der Waals surface area contributed by atoms with Gasteiger partial charge in [0.25, 0.3) is 0 Å². The molecule has 0 aromatic heterocycles. The molecule has 0 aliphatic rings. The molecule has 0 amide bonds. The van der Waals surface area contributed by atoms with Crippen molar-refractivity contribution < 1.29 is 13.6 Å². The first kappa shape index (κ1) is 17.4. The van der Waals surface area contributed by atoms with E-state index in [0.29, 0.717) is 8.95 Å². The molecule has 112 valence electrons. The maximum absolute atomic E-state index is 12.4. The lowest BCUT2D eigenvalue weighted by Gasteiger charge is -2.24. The number of amidine groups is 1. The van der Waals surface area contributed by atoms with Crippen molar-refractivity contribution in [2.24, 2.45) is 10.9 Å². The van der Waals surface area contributed by atoms with Gasteiger partial charge < -0.3 is 10.9 Å². The molecule has 20 heavy (non-hydrogen) atoms. The highest BCUT2D eigenvalue weighted by molar-refractivity contribution is 9.11. The van der Waals surface area contributed by atoms with Crippen LogP contribution in [0, 0.1) is 6.92 Å². The largest absolute Gasteiger partial charge is 0.409 e. The van der Waals surface area contributed by atoms with Crippen molar-refractivity contribution in [3.63, 3.8) is 0 Å². The summed E-state index contributed by atoms with van der Waals surface area (Å²) in [5.74, 6) is -0.233. The lowest BCUT2D eigenvalue weighted by Crippen LogP contribution is -2.53. The molecule has 6 nitrogen and oxygen atoms in total. The van der Waals surface area contributed by atoms with Crippen LogP contribution in [0.3, 0.4) is 0 Å². The van der Waals surface area contributed by atoms with Crippen LogP contribution in [0.1, 0.15) is 19.4 Å². The van der Waals surface area contributed by atoms with Crippen molar-refractivity contribution in [2.75, 3.05) is 0 Å². The Kier molecular flexibility index (Phi) is 5.23. The van der Waals surface area contributed by atoms with E-state index in [1.807, 2.05) is 6.92 Å². The number of sulfonamides is 1. The van der Waals surface area contributed by atoms with Crippen molar-refractivity contribution in [2.45, 2.75) is 31.2 Å². The fourth-order valence-electron chi connectivity index (χ4n) is 1.40. The molecule has 0 bridgehead atoms. The summed E-state index contributed by atoms with van der Waals surface area (Å²) in [6, 6.07) is 3.18. The van der Waals surface area contributed by atoms with Crippen LogP contribution in [0.25, 0.3) is 0 Å². The molecule has 1 aromatic carbocycles. The lowest BCUT2D eigenvalue weighted by atomic mass is 10.1. The van der Waals surface area contributed by atoms with E-state index in [2.05, 4.69) is 41.7 Å². The molecule has 9 heteroatoms. The molecule has 0 fully saturated rings. The molecule has 0 atom stereocenters. The van der Waals surface area contributed by atoms with E-state index >= 15 is 0 Å². The first-order valence-corrected chi connectivity index (χ1v) is 8.56. The Morgan fingerprint density at radius 2 is 1.90 bits per heavy atom. The van der Waals surface area contributed by atoms with Gasteiger partial charge in [-0.05, 0) is 54.4 Å². The molecule has 4 N–H and O–H groups in total. The van der Waals surface area contributed by atoms with E-state index in [1.165, 1.54) is 19.9 Å². The number of aryl methyl sites for hydroxylation is 1. The number of nitrogens with zero attached hydrogens (tertiary/aromatic N) is 1. The van der Waals surface area contributed by atoms with Crippen LogP contribution in [-0.4, -0.2) is 25.0 Å². The number of hydrogen-bond acceptors (Lipinski definition) is 4. The molecule has 0 saturated carbocycles. The Labute approximate surface area is 134 Å². The van der Waals surface area contributed by atoms with E-state index in [0.717, 1.165) is 5.56 Å². The van der Waals surface area contributed by atoms with Gasteiger partial charge in [0.2, 0.25) is 10.0 Å². The molecular weight excluding hydrogens is 414 g/mol. The van der Waals surface area contributed by atoms with Gasteiger partial charge in [-0.15, -0.1) is 0 Å². The molecule has 0 spiro atoms. The van der Waals surface area contributed by atoms with Gasteiger partial charge in [0.15, 0.2) is 5.84 Å². The molecule has 1 aromatic rings. The van der Waals surface area contributed by atoms with E-state index in [-0.39, 0.29) is 10.7 Å². The zero-order chi connectivity index (χ0) is 15.7. The predicted octanol–water partition coefficient (Wildman–Crippen LogP) is 2.32. The number of halogens is 2. The minimum absolute atomic E-state index is 0.0637. The quantitative estimate of drug-likeness (QED) is 0.296. The maximum Gasteiger partial charge on any atom is 0.242 e. The van der Waals surface area contributed by atoms with E-state index in [1.54, 1.807) is 6.07 Å². The second-order valence-corrected chi connectivity index (χ2v) is 8.11. The standard InChI is InChI=1S/C11H15Br2N3O3S/c1-6-4-8(13)9(5-7(6)12)20(18,19)16-11(2,3)10(14)15-17/h4-5,16-17H,1-3H3,(H2,14,15). The maximum atomic E-state index is 12.4. The van der Waals surface area contributed by atoms with Gasteiger partial charge >= 0.3 is 0 Å². The Balaban J connectivity index is 3.29. The third-order valence-electron chi connectivity index (χ3n) is 2.64. The summed E-state index contributed by atoms with van der Waals surface area (Å²) in [6.07, 6.45) is 0. The van der Waals surface area contributed by atoms with Crippen LogP contribution in [0.4, 0.5) is 0 Å². The third-order valence-corrected chi connectivity index (χ3v) is 6.11. The number of oxime groups is 1. The highest BCUT2D eigenvalue weighted by Crippen LogP contribution is 2.29. The summed E-state index contributed by atoms with van der Waals surface area (Å²) < 4.78 is 28.3. The van der Waals surface area contributed by atoms with Gasteiger partial charge in [-0.25, -0.2) is 8.42 Å². The van der Waals surface area contributed by atoms with Crippen molar-refractivity contribution >= 4 is 47.7 Å². The second-order valence-electron chi connectivity index (χ2n) is 4.75. The van der Waals surface area contributed by atoms with E-state index in [4.69, 9.17) is 10.9 Å². The summed E-state index contributed by atoms with van der Waals surface area (Å²) in [6.45, 7) is 4.84. The molecule has 0 aliphatic heterocycles. The molecular formula is C11H15Br2N3O3S. The van der Waals surface area contributed by atoms with Crippen molar-refractivity contribution in [1.82, 2.24) is 4.72 Å². The molecule has 0 saturated heterocycles. The van der Waals surface area contributed by atoms with Gasteiger partial charge in [-0.2, -0.15) is 4.72 Å². The van der Waals surface area contributed by atoms with E-state index in [9.17, 15) is 8.42 Å². The average molecular weight is 429 g/mol. The molecule has 1 rings (SSSR count). The number of nitrogens with two attached hydrogens (primary N) is 1. The monoisotopic (exact) mass is 427 g/mol. The minimum Gasteiger partial charge on any atom is -0.409 e. The molecule has 0 radical (unpaired) electrons. The van der Waals surface area contributed by atoms with Gasteiger partial charge in [-0.3, -0.25) is 0 Å². The minimum atomic E-state index is -3.84. The SMILES string of the molecule is Cc1cc(Br)c(S(=O)(=O)NC(C)(C)/C(N)=N/O)cc1Br. The van der Waals surface area contributed by atoms with Gasteiger partial charge in [0.05, 0.1) is 10.4 Å². The third kappa shape index (κ3) is 3.72. The fraction of sp³-hybridized carbons (Fsp3) is 0.364. The van der Waals surface area contributed by atoms with Crippen LogP contribution < -0.4 is 10.5 Å². The molecule has 0 heterocycles. The normalized spacial score (nSPS) is 13.6. The highest BCUT2D eigenvalue weighted by Gasteiger charge is 2.31. The van der Waals surface area contributed by atoms with Crippen LogP contribution >= 0.6 is 31.9 Å². The van der Waals surface area contributed by atoms with Crippen LogP contribution in [0.5, 0.6) is 0 Å². The Morgan fingerprint density at radius 3 is 2.40 bits per heavy atom. The Bertz CT molecular complexity index is 657. The molecule has 0 unspecified atom stereocenters. The van der Waals surface area contributed by atoms with Crippen LogP contribution in [0.15, 0.2) is 31.1 Å². The lowest BCUT2D eigenvalue weighted by molar-refractivity contribution is 0.312. The number of rotatable bonds is 4. The summed E-state index contributed by atoms with van der Waals surface area (Å²) in [5.41, 5.74) is 5.16. The number of hydrogen-bond donors (Lipinski definition) is 3. The zero-order valence-electron chi connectivity index (χ0n) is 11.1. The Hall–Kier alpha value is -0.640. The van der Waals surface area contributed by atoms with Crippen LogP contribution in [-0.2, 0) is 10.0 Å². The zero-order valence-corrected chi connectivity index (χ0v) is 15.1. The van der Waals surface area contributed by atoms with Crippen molar-refractivity contribution in [1.29, 1.82) is 0 Å². The first-order valence-electron chi connectivity index (χ1n) is 5.49.